The molecule has 0 saturated heterocycles. The van der Waals surface area contributed by atoms with Crippen molar-refractivity contribution >= 4 is 15.9 Å². The molecule has 0 saturated carbocycles. The Morgan fingerprint density at radius 3 is 2.61 bits per heavy atom. The molecule has 0 aliphatic heterocycles. The van der Waals surface area contributed by atoms with Crippen LogP contribution < -0.4 is 4.74 Å². The molecule has 0 aliphatic rings. The Balaban J connectivity index is 2.64. The molecule has 0 unspecified atom stereocenters. The Labute approximate surface area is 119 Å². The highest BCUT2D eigenvalue weighted by atomic mass is 79.9. The van der Waals surface area contributed by atoms with Crippen LogP contribution in [0.2, 0.25) is 0 Å². The summed E-state index contributed by atoms with van der Waals surface area (Å²) in [5.41, 5.74) is 2.59. The molecule has 0 fully saturated rings. The fourth-order valence-electron chi connectivity index (χ4n) is 1.73. The number of benzene rings is 1. The lowest BCUT2D eigenvalue weighted by Crippen LogP contribution is -2.02. The summed E-state index contributed by atoms with van der Waals surface area (Å²) >= 11 is 3.58. The number of hydrogen-bond acceptors (Lipinski definition) is 2. The fourth-order valence-corrected chi connectivity index (χ4v) is 2.23. The van der Waals surface area contributed by atoms with Gasteiger partial charge in [0.05, 0.1) is 17.7 Å². The molecule has 1 aromatic carbocycles. The molecule has 0 aromatic heterocycles. The number of aryl methyl sites for hydroxylation is 1. The minimum absolute atomic E-state index is 0.776. The van der Waals surface area contributed by atoms with Gasteiger partial charge in [0.1, 0.15) is 5.75 Å². The van der Waals surface area contributed by atoms with E-state index >= 15 is 0 Å². The van der Waals surface area contributed by atoms with E-state index in [-0.39, 0.29) is 0 Å². The van der Waals surface area contributed by atoms with Gasteiger partial charge in [0, 0.05) is 6.61 Å². The van der Waals surface area contributed by atoms with Crippen molar-refractivity contribution in [2.45, 2.75) is 40.0 Å². The largest absolute Gasteiger partial charge is 0.492 e. The standard InChI is InChI=1S/C15H23BrO2/c1-4-6-8-18-15-10-12(3)13(11-14(15)16)7-9-17-5-2/h10-11H,4-9H2,1-3H3. The third kappa shape index (κ3) is 4.99. The molecular weight excluding hydrogens is 292 g/mol. The molecule has 0 N–H and O–H groups in total. The van der Waals surface area contributed by atoms with Gasteiger partial charge in [-0.25, -0.2) is 0 Å². The zero-order valence-electron chi connectivity index (χ0n) is 11.6. The van der Waals surface area contributed by atoms with E-state index < -0.39 is 0 Å². The van der Waals surface area contributed by atoms with Crippen LogP contribution in [0.3, 0.4) is 0 Å². The van der Waals surface area contributed by atoms with Crippen LogP contribution >= 0.6 is 15.9 Å². The Hall–Kier alpha value is -0.540. The average molecular weight is 315 g/mol. The van der Waals surface area contributed by atoms with Crippen LogP contribution in [0.1, 0.15) is 37.8 Å². The number of unbranched alkanes of at least 4 members (excludes halogenated alkanes) is 1. The van der Waals surface area contributed by atoms with E-state index in [1.807, 2.05) is 6.92 Å². The van der Waals surface area contributed by atoms with Crippen LogP contribution in [0.4, 0.5) is 0 Å². The van der Waals surface area contributed by atoms with Crippen molar-refractivity contribution in [2.75, 3.05) is 19.8 Å². The van der Waals surface area contributed by atoms with E-state index in [2.05, 4.69) is 41.9 Å². The lowest BCUT2D eigenvalue weighted by molar-refractivity contribution is 0.151. The Bertz CT molecular complexity index is 328. The second kappa shape index (κ2) is 8.54. The molecule has 3 heteroatoms. The van der Waals surface area contributed by atoms with Gasteiger partial charge in [-0.15, -0.1) is 0 Å². The number of ether oxygens (including phenoxy) is 2. The smallest absolute Gasteiger partial charge is 0.133 e. The third-order valence-corrected chi connectivity index (χ3v) is 3.49. The molecule has 0 radical (unpaired) electrons. The van der Waals surface area contributed by atoms with Gasteiger partial charge in [0.2, 0.25) is 0 Å². The summed E-state index contributed by atoms with van der Waals surface area (Å²) in [6.07, 6.45) is 3.20. The van der Waals surface area contributed by atoms with Crippen molar-refractivity contribution in [3.8, 4) is 5.75 Å². The quantitative estimate of drug-likeness (QED) is 0.657. The molecule has 18 heavy (non-hydrogen) atoms. The van der Waals surface area contributed by atoms with Gasteiger partial charge in [0.15, 0.2) is 0 Å². The highest BCUT2D eigenvalue weighted by Gasteiger charge is 2.06. The minimum Gasteiger partial charge on any atom is -0.492 e. The topological polar surface area (TPSA) is 18.5 Å². The Morgan fingerprint density at radius 1 is 1.17 bits per heavy atom. The second-order valence-corrected chi connectivity index (χ2v) is 5.21. The van der Waals surface area contributed by atoms with E-state index in [4.69, 9.17) is 9.47 Å². The zero-order chi connectivity index (χ0) is 13.4. The highest BCUT2D eigenvalue weighted by molar-refractivity contribution is 9.10. The first-order chi connectivity index (χ1) is 8.69. The summed E-state index contributed by atoms with van der Waals surface area (Å²) < 4.78 is 12.2. The van der Waals surface area contributed by atoms with E-state index in [0.29, 0.717) is 0 Å². The summed E-state index contributed by atoms with van der Waals surface area (Å²) in [4.78, 5) is 0. The lowest BCUT2D eigenvalue weighted by Gasteiger charge is -2.12. The highest BCUT2D eigenvalue weighted by Crippen LogP contribution is 2.29. The normalized spacial score (nSPS) is 10.7. The molecule has 0 aliphatic carbocycles. The summed E-state index contributed by atoms with van der Waals surface area (Å²) in [5, 5.41) is 0. The Morgan fingerprint density at radius 2 is 1.94 bits per heavy atom. The maximum Gasteiger partial charge on any atom is 0.133 e. The van der Waals surface area contributed by atoms with Crippen molar-refractivity contribution < 1.29 is 9.47 Å². The predicted molar refractivity (Wildman–Crippen MR) is 79.5 cm³/mol. The average Bonchev–Trinajstić information content (AvgIpc) is 2.35. The summed E-state index contributed by atoms with van der Waals surface area (Å²) in [7, 11) is 0. The molecule has 102 valence electrons. The van der Waals surface area contributed by atoms with Crippen LogP contribution in [0.25, 0.3) is 0 Å². The third-order valence-electron chi connectivity index (χ3n) is 2.87. The first-order valence-corrected chi connectivity index (χ1v) is 7.47. The van der Waals surface area contributed by atoms with Crippen molar-refractivity contribution in [3.05, 3.63) is 27.7 Å². The molecule has 0 bridgehead atoms. The van der Waals surface area contributed by atoms with Crippen molar-refractivity contribution in [1.29, 1.82) is 0 Å². The first kappa shape index (κ1) is 15.5. The van der Waals surface area contributed by atoms with Gasteiger partial charge in [0.25, 0.3) is 0 Å². The molecule has 0 amide bonds. The zero-order valence-corrected chi connectivity index (χ0v) is 13.2. The van der Waals surface area contributed by atoms with Crippen molar-refractivity contribution in [1.82, 2.24) is 0 Å². The summed E-state index contributed by atoms with van der Waals surface area (Å²) in [5.74, 6) is 0.945. The molecule has 1 rings (SSSR count). The fraction of sp³-hybridized carbons (Fsp3) is 0.600. The van der Waals surface area contributed by atoms with E-state index in [1.165, 1.54) is 11.1 Å². The van der Waals surface area contributed by atoms with Crippen molar-refractivity contribution in [3.63, 3.8) is 0 Å². The van der Waals surface area contributed by atoms with Crippen LogP contribution in [0.5, 0.6) is 5.75 Å². The Kier molecular flexibility index (Phi) is 7.36. The van der Waals surface area contributed by atoms with Gasteiger partial charge >= 0.3 is 0 Å². The van der Waals surface area contributed by atoms with E-state index in [9.17, 15) is 0 Å². The van der Waals surface area contributed by atoms with Crippen LogP contribution in [-0.2, 0) is 11.2 Å². The number of rotatable bonds is 8. The number of halogens is 1. The van der Waals surface area contributed by atoms with Crippen LogP contribution in [0.15, 0.2) is 16.6 Å². The molecule has 0 heterocycles. The minimum atomic E-state index is 0.776. The predicted octanol–water partition coefficient (Wildman–Crippen LogP) is 4.52. The monoisotopic (exact) mass is 314 g/mol. The first-order valence-electron chi connectivity index (χ1n) is 6.68. The lowest BCUT2D eigenvalue weighted by atomic mass is 10.1. The van der Waals surface area contributed by atoms with Gasteiger partial charge in [-0.3, -0.25) is 0 Å². The van der Waals surface area contributed by atoms with Crippen molar-refractivity contribution in [2.24, 2.45) is 0 Å². The van der Waals surface area contributed by atoms with E-state index in [1.54, 1.807) is 0 Å². The maximum absolute atomic E-state index is 5.76. The molecule has 0 atom stereocenters. The van der Waals surface area contributed by atoms with Gasteiger partial charge in [-0.1, -0.05) is 13.3 Å². The molecule has 0 spiro atoms. The van der Waals surface area contributed by atoms with Gasteiger partial charge < -0.3 is 9.47 Å². The van der Waals surface area contributed by atoms with Gasteiger partial charge in [-0.05, 0) is 65.9 Å². The molecular formula is C15H23BrO2. The second-order valence-electron chi connectivity index (χ2n) is 4.36. The number of hydrogen-bond donors (Lipinski definition) is 0. The van der Waals surface area contributed by atoms with E-state index in [0.717, 1.165) is 49.3 Å². The molecule has 2 nitrogen and oxygen atoms in total. The van der Waals surface area contributed by atoms with Crippen LogP contribution in [-0.4, -0.2) is 19.8 Å². The maximum atomic E-state index is 5.76. The van der Waals surface area contributed by atoms with Gasteiger partial charge in [-0.2, -0.15) is 0 Å². The van der Waals surface area contributed by atoms with Crippen LogP contribution in [0, 0.1) is 6.92 Å². The molecule has 1 aromatic rings. The summed E-state index contributed by atoms with van der Waals surface area (Å²) in [6.45, 7) is 8.65. The summed E-state index contributed by atoms with van der Waals surface area (Å²) in [6, 6.07) is 4.26. The SMILES string of the molecule is CCCCOc1cc(C)c(CCOCC)cc1Br.